The van der Waals surface area contributed by atoms with Gasteiger partial charge in [-0.3, -0.25) is 9.59 Å². The number of benzene rings is 2. The average molecular weight is 320 g/mol. The fourth-order valence-corrected chi connectivity index (χ4v) is 2.99. The van der Waals surface area contributed by atoms with Crippen LogP contribution in [0.15, 0.2) is 59.9 Å². The van der Waals surface area contributed by atoms with Crippen LogP contribution in [0.5, 0.6) is 0 Å². The molecule has 1 aliphatic rings. The molecular weight excluding hydrogens is 300 g/mol. The Morgan fingerprint density at radius 2 is 1.42 bits per heavy atom. The summed E-state index contributed by atoms with van der Waals surface area (Å²) in [5.41, 5.74) is 3.00. The Kier molecular flexibility index (Phi) is 4.61. The highest BCUT2D eigenvalue weighted by Crippen LogP contribution is 2.27. The van der Waals surface area contributed by atoms with Crippen molar-refractivity contribution in [1.29, 1.82) is 0 Å². The van der Waals surface area contributed by atoms with Gasteiger partial charge in [-0.25, -0.2) is 0 Å². The maximum atomic E-state index is 12.6. The first-order chi connectivity index (χ1) is 11.6. The highest BCUT2D eigenvalue weighted by molar-refractivity contribution is 6.26. The second-order valence-corrected chi connectivity index (χ2v) is 6.13. The van der Waals surface area contributed by atoms with Gasteiger partial charge in [0.2, 0.25) is 5.78 Å². The van der Waals surface area contributed by atoms with Crippen LogP contribution in [0.2, 0.25) is 0 Å². The first-order valence-corrected chi connectivity index (χ1v) is 8.30. The lowest BCUT2D eigenvalue weighted by Gasteiger charge is -2.17. The number of hydrogen-bond donors (Lipinski definition) is 1. The molecule has 0 atom stereocenters. The largest absolute Gasteiger partial charge is 0.504 e. The Labute approximate surface area is 141 Å². The Hall–Kier alpha value is -2.68. The van der Waals surface area contributed by atoms with Crippen molar-refractivity contribution in [2.24, 2.45) is 0 Å². The topological polar surface area (TPSA) is 54.4 Å². The van der Waals surface area contributed by atoms with Gasteiger partial charge >= 0.3 is 0 Å². The lowest BCUT2D eigenvalue weighted by Crippen LogP contribution is -2.23. The van der Waals surface area contributed by atoms with Crippen LogP contribution in [0.3, 0.4) is 0 Å². The fraction of sp³-hybridized carbons (Fsp3) is 0.238. The number of aliphatic hydroxyl groups excluding tert-OH is 1. The zero-order valence-electron chi connectivity index (χ0n) is 13.7. The van der Waals surface area contributed by atoms with Gasteiger partial charge in [-0.1, -0.05) is 61.9 Å². The van der Waals surface area contributed by atoms with Crippen LogP contribution in [-0.4, -0.2) is 16.7 Å². The van der Waals surface area contributed by atoms with Crippen LogP contribution in [0.4, 0.5) is 0 Å². The van der Waals surface area contributed by atoms with Crippen molar-refractivity contribution in [2.75, 3.05) is 0 Å². The van der Waals surface area contributed by atoms with Crippen LogP contribution < -0.4 is 0 Å². The zero-order valence-corrected chi connectivity index (χ0v) is 13.7. The highest BCUT2D eigenvalue weighted by atomic mass is 16.3. The second-order valence-electron chi connectivity index (χ2n) is 6.13. The number of aliphatic hydroxyl groups is 1. The van der Waals surface area contributed by atoms with Gasteiger partial charge in [-0.05, 0) is 24.0 Å². The van der Waals surface area contributed by atoms with Crippen molar-refractivity contribution in [3.05, 3.63) is 82.1 Å². The number of ketones is 2. The van der Waals surface area contributed by atoms with E-state index in [0.29, 0.717) is 5.56 Å². The van der Waals surface area contributed by atoms with Gasteiger partial charge in [-0.2, -0.15) is 0 Å². The van der Waals surface area contributed by atoms with E-state index in [4.69, 9.17) is 0 Å². The molecule has 2 aromatic carbocycles. The van der Waals surface area contributed by atoms with Crippen molar-refractivity contribution in [2.45, 2.75) is 32.6 Å². The molecule has 1 N–H and O–H groups in total. The maximum Gasteiger partial charge on any atom is 0.228 e. The Morgan fingerprint density at radius 1 is 0.833 bits per heavy atom. The minimum atomic E-state index is -0.472. The van der Waals surface area contributed by atoms with Gasteiger partial charge < -0.3 is 5.11 Å². The monoisotopic (exact) mass is 320 g/mol. The number of Topliss-reactive ketones (excluding diaryl/α,β-unsaturated/α-hetero) is 2. The van der Waals surface area contributed by atoms with Crippen LogP contribution >= 0.6 is 0 Å². The van der Waals surface area contributed by atoms with Crippen molar-refractivity contribution >= 4 is 11.6 Å². The number of rotatable bonds is 5. The first kappa shape index (κ1) is 16.2. The molecule has 0 aliphatic heterocycles. The van der Waals surface area contributed by atoms with Crippen molar-refractivity contribution in [1.82, 2.24) is 0 Å². The van der Waals surface area contributed by atoms with E-state index < -0.39 is 11.5 Å². The molecule has 3 heteroatoms. The van der Waals surface area contributed by atoms with Crippen LogP contribution in [-0.2, 0) is 12.8 Å². The molecule has 0 heterocycles. The van der Waals surface area contributed by atoms with E-state index in [9.17, 15) is 14.7 Å². The minimum Gasteiger partial charge on any atom is -0.504 e. The molecule has 0 bridgehead atoms. The molecule has 24 heavy (non-hydrogen) atoms. The molecule has 0 saturated carbocycles. The molecule has 3 rings (SSSR count). The molecule has 0 amide bonds. The van der Waals surface area contributed by atoms with Gasteiger partial charge in [0.1, 0.15) is 0 Å². The molecule has 0 radical (unpaired) electrons. The molecule has 0 unspecified atom stereocenters. The summed E-state index contributed by atoms with van der Waals surface area (Å²) in [4.78, 5) is 24.9. The van der Waals surface area contributed by atoms with E-state index in [1.807, 2.05) is 24.3 Å². The van der Waals surface area contributed by atoms with E-state index in [2.05, 4.69) is 6.92 Å². The Balaban J connectivity index is 1.86. The van der Waals surface area contributed by atoms with Gasteiger partial charge in [0, 0.05) is 17.5 Å². The Bertz CT molecular complexity index is 813. The zero-order chi connectivity index (χ0) is 17.1. The average Bonchev–Trinajstić information content (AvgIpc) is 2.62. The molecule has 1 aliphatic carbocycles. The third kappa shape index (κ3) is 3.02. The SMILES string of the molecule is CCCCc1ccc(CC2=C(O)C(=O)c3ccccc3C2=O)cc1. The van der Waals surface area contributed by atoms with Crippen LogP contribution in [0, 0.1) is 0 Å². The normalized spacial score (nSPS) is 14.0. The molecule has 2 aromatic rings. The molecule has 0 saturated heterocycles. The molecule has 0 fully saturated rings. The van der Waals surface area contributed by atoms with Gasteiger partial charge in [-0.15, -0.1) is 0 Å². The summed E-state index contributed by atoms with van der Waals surface area (Å²) >= 11 is 0. The number of carbonyl (C=O) groups excluding carboxylic acids is 2. The fourth-order valence-electron chi connectivity index (χ4n) is 2.99. The summed E-state index contributed by atoms with van der Waals surface area (Å²) in [6, 6.07) is 14.6. The molecular formula is C21H20O3. The third-order valence-corrected chi connectivity index (χ3v) is 4.41. The van der Waals surface area contributed by atoms with E-state index in [-0.39, 0.29) is 23.3 Å². The number of fused-ring (bicyclic) bond motifs is 1. The lowest BCUT2D eigenvalue weighted by atomic mass is 9.85. The van der Waals surface area contributed by atoms with Crippen molar-refractivity contribution < 1.29 is 14.7 Å². The first-order valence-electron chi connectivity index (χ1n) is 8.30. The highest BCUT2D eigenvalue weighted by Gasteiger charge is 2.31. The summed E-state index contributed by atoms with van der Waals surface area (Å²) < 4.78 is 0. The Morgan fingerprint density at radius 3 is 2.04 bits per heavy atom. The second kappa shape index (κ2) is 6.83. The number of unbranched alkanes of at least 4 members (excludes halogenated alkanes) is 1. The molecule has 0 spiro atoms. The quantitative estimate of drug-likeness (QED) is 0.884. The summed E-state index contributed by atoms with van der Waals surface area (Å²) in [5, 5.41) is 10.2. The lowest BCUT2D eigenvalue weighted by molar-refractivity contribution is 0.0927. The van der Waals surface area contributed by atoms with Crippen LogP contribution in [0.25, 0.3) is 0 Å². The number of hydrogen-bond acceptors (Lipinski definition) is 3. The molecule has 3 nitrogen and oxygen atoms in total. The predicted octanol–water partition coefficient (Wildman–Crippen LogP) is 4.46. The van der Waals surface area contributed by atoms with Gasteiger partial charge in [0.25, 0.3) is 0 Å². The predicted molar refractivity (Wildman–Crippen MR) is 93.5 cm³/mol. The van der Waals surface area contributed by atoms with Crippen molar-refractivity contribution in [3.8, 4) is 0 Å². The smallest absolute Gasteiger partial charge is 0.228 e. The van der Waals surface area contributed by atoms with E-state index >= 15 is 0 Å². The molecule has 0 aromatic heterocycles. The van der Waals surface area contributed by atoms with Crippen LogP contribution in [0.1, 0.15) is 51.6 Å². The number of allylic oxidation sites excluding steroid dienone is 2. The summed E-state index contributed by atoms with van der Waals surface area (Å²) in [7, 11) is 0. The van der Waals surface area contributed by atoms with Gasteiger partial charge in [0.15, 0.2) is 11.5 Å². The summed E-state index contributed by atoms with van der Waals surface area (Å²) in [6.45, 7) is 2.16. The number of aryl methyl sites for hydroxylation is 1. The number of carbonyl (C=O) groups is 2. The molecule has 122 valence electrons. The summed E-state index contributed by atoms with van der Waals surface area (Å²) in [6.07, 6.45) is 3.60. The maximum absolute atomic E-state index is 12.6. The standard InChI is InChI=1S/C21H20O3/c1-2-3-6-14-9-11-15(12-10-14)13-18-19(22)16-7-4-5-8-17(16)20(23)21(18)24/h4-5,7-12,24H,2-3,6,13H2,1H3. The van der Waals surface area contributed by atoms with E-state index in [1.54, 1.807) is 24.3 Å². The van der Waals surface area contributed by atoms with Gasteiger partial charge in [0.05, 0.1) is 5.57 Å². The summed E-state index contributed by atoms with van der Waals surface area (Å²) in [5.74, 6) is -1.16. The van der Waals surface area contributed by atoms with E-state index in [0.717, 1.165) is 24.8 Å². The van der Waals surface area contributed by atoms with Crippen molar-refractivity contribution in [3.63, 3.8) is 0 Å². The third-order valence-electron chi connectivity index (χ3n) is 4.41. The van der Waals surface area contributed by atoms with E-state index in [1.165, 1.54) is 5.56 Å². The minimum absolute atomic E-state index is 0.181.